The number of nitrogen functional groups attached to an aromatic ring is 1. The van der Waals surface area contributed by atoms with Gasteiger partial charge in [0.1, 0.15) is 5.75 Å². The molecule has 0 radical (unpaired) electrons. The number of nitrogens with zero attached hydrogens (tertiary/aromatic N) is 1. The summed E-state index contributed by atoms with van der Waals surface area (Å²) in [7, 11) is 0. The Labute approximate surface area is 145 Å². The monoisotopic (exact) mass is 337 g/mol. The molecule has 6 heteroatoms. The first kappa shape index (κ1) is 16.7. The summed E-state index contributed by atoms with van der Waals surface area (Å²) in [5.41, 5.74) is 5.18. The molecule has 0 unspecified atom stereocenters. The highest BCUT2D eigenvalue weighted by Crippen LogP contribution is 2.22. The standard InChI is InChI=1S/C19H19N3O3/c1-12-7-8-17(13(2)9-12)25-11-18(23)22-10-15(19(24)21-20)14-5-3-4-6-16(14)22/h3-10H,11,20H2,1-2H3,(H,21,24). The summed E-state index contributed by atoms with van der Waals surface area (Å²) in [6.07, 6.45) is 1.49. The van der Waals surface area contributed by atoms with Gasteiger partial charge in [-0.15, -0.1) is 0 Å². The van der Waals surface area contributed by atoms with E-state index in [4.69, 9.17) is 10.6 Å². The van der Waals surface area contributed by atoms with Gasteiger partial charge in [0.25, 0.3) is 11.8 Å². The van der Waals surface area contributed by atoms with E-state index in [1.807, 2.05) is 32.0 Å². The van der Waals surface area contributed by atoms with E-state index < -0.39 is 5.91 Å². The van der Waals surface area contributed by atoms with Crippen molar-refractivity contribution in [3.8, 4) is 5.75 Å². The van der Waals surface area contributed by atoms with Crippen LogP contribution in [0.4, 0.5) is 0 Å². The predicted molar refractivity (Wildman–Crippen MR) is 95.6 cm³/mol. The normalized spacial score (nSPS) is 10.7. The van der Waals surface area contributed by atoms with Crippen LogP contribution >= 0.6 is 0 Å². The topological polar surface area (TPSA) is 86.3 Å². The van der Waals surface area contributed by atoms with Crippen LogP contribution < -0.4 is 16.0 Å². The molecule has 0 aliphatic carbocycles. The lowest BCUT2D eigenvalue weighted by Crippen LogP contribution is -2.29. The highest BCUT2D eigenvalue weighted by molar-refractivity contribution is 6.09. The third-order valence-electron chi connectivity index (χ3n) is 4.04. The minimum absolute atomic E-state index is 0.133. The van der Waals surface area contributed by atoms with E-state index in [-0.39, 0.29) is 12.5 Å². The summed E-state index contributed by atoms with van der Waals surface area (Å²) >= 11 is 0. The number of carbonyl (C=O) groups excluding carboxylic acids is 2. The maximum Gasteiger partial charge on any atom is 0.269 e. The van der Waals surface area contributed by atoms with Crippen molar-refractivity contribution in [2.45, 2.75) is 13.8 Å². The van der Waals surface area contributed by atoms with Gasteiger partial charge in [0.15, 0.2) is 6.61 Å². The molecular weight excluding hydrogens is 318 g/mol. The number of rotatable bonds is 4. The number of hydrogen-bond donors (Lipinski definition) is 2. The van der Waals surface area contributed by atoms with Gasteiger partial charge < -0.3 is 4.74 Å². The second-order valence-corrected chi connectivity index (χ2v) is 5.85. The highest BCUT2D eigenvalue weighted by atomic mass is 16.5. The zero-order valence-electron chi connectivity index (χ0n) is 14.1. The van der Waals surface area contributed by atoms with Gasteiger partial charge in [-0.05, 0) is 31.5 Å². The Bertz CT molecular complexity index is 960. The lowest BCUT2D eigenvalue weighted by atomic mass is 10.1. The van der Waals surface area contributed by atoms with Gasteiger partial charge in [0.05, 0.1) is 11.1 Å². The number of para-hydroxylation sites is 1. The number of amides is 1. The predicted octanol–water partition coefficient (Wildman–Crippen LogP) is 2.58. The third kappa shape index (κ3) is 3.25. The fourth-order valence-corrected chi connectivity index (χ4v) is 2.81. The van der Waals surface area contributed by atoms with Crippen molar-refractivity contribution in [1.82, 2.24) is 9.99 Å². The average molecular weight is 337 g/mol. The van der Waals surface area contributed by atoms with E-state index in [9.17, 15) is 9.59 Å². The molecule has 1 heterocycles. The maximum atomic E-state index is 12.6. The molecule has 1 aromatic heterocycles. The molecule has 3 rings (SSSR count). The summed E-state index contributed by atoms with van der Waals surface area (Å²) in [5, 5.41) is 0.658. The molecule has 6 nitrogen and oxygen atoms in total. The van der Waals surface area contributed by atoms with Crippen LogP contribution in [0, 0.1) is 13.8 Å². The lowest BCUT2D eigenvalue weighted by molar-refractivity contribution is 0.0842. The molecule has 3 N–H and O–H groups in total. The molecule has 25 heavy (non-hydrogen) atoms. The zero-order valence-corrected chi connectivity index (χ0v) is 14.1. The first-order chi connectivity index (χ1) is 12.0. The van der Waals surface area contributed by atoms with Gasteiger partial charge in [0.2, 0.25) is 0 Å². The van der Waals surface area contributed by atoms with Crippen molar-refractivity contribution in [2.75, 3.05) is 6.61 Å². The average Bonchev–Trinajstić information content (AvgIpc) is 3.00. The number of aryl methyl sites for hydroxylation is 2. The van der Waals surface area contributed by atoms with Gasteiger partial charge in [-0.3, -0.25) is 19.6 Å². The van der Waals surface area contributed by atoms with E-state index >= 15 is 0 Å². The van der Waals surface area contributed by atoms with Gasteiger partial charge in [-0.1, -0.05) is 35.9 Å². The van der Waals surface area contributed by atoms with Crippen molar-refractivity contribution in [2.24, 2.45) is 5.84 Å². The molecule has 0 fully saturated rings. The molecule has 128 valence electrons. The third-order valence-corrected chi connectivity index (χ3v) is 4.04. The first-order valence-corrected chi connectivity index (χ1v) is 7.85. The van der Waals surface area contributed by atoms with E-state index in [2.05, 4.69) is 5.43 Å². The van der Waals surface area contributed by atoms with Crippen LogP contribution in [0.25, 0.3) is 10.9 Å². The van der Waals surface area contributed by atoms with Crippen molar-refractivity contribution < 1.29 is 14.3 Å². The first-order valence-electron chi connectivity index (χ1n) is 7.85. The molecule has 0 aliphatic heterocycles. The molecule has 3 aromatic rings. The van der Waals surface area contributed by atoms with Crippen LogP contribution in [0.3, 0.4) is 0 Å². The Morgan fingerprint density at radius 2 is 1.92 bits per heavy atom. The number of fused-ring (bicyclic) bond motifs is 1. The lowest BCUT2D eigenvalue weighted by Gasteiger charge is -2.10. The fourth-order valence-electron chi connectivity index (χ4n) is 2.81. The summed E-state index contributed by atoms with van der Waals surface area (Å²) in [6, 6.07) is 12.9. The number of ether oxygens (including phenoxy) is 1. The number of hydrazine groups is 1. The van der Waals surface area contributed by atoms with Gasteiger partial charge in [-0.2, -0.15) is 0 Å². The second-order valence-electron chi connectivity index (χ2n) is 5.85. The number of nitrogens with two attached hydrogens (primary N) is 1. The number of aromatic nitrogens is 1. The van der Waals surface area contributed by atoms with Crippen LogP contribution in [0.2, 0.25) is 0 Å². The molecule has 0 saturated heterocycles. The molecule has 0 spiro atoms. The Morgan fingerprint density at radius 3 is 2.64 bits per heavy atom. The van der Waals surface area contributed by atoms with E-state index in [0.717, 1.165) is 11.1 Å². The molecule has 0 saturated carbocycles. The van der Waals surface area contributed by atoms with Crippen molar-refractivity contribution in [3.05, 3.63) is 65.4 Å². The number of hydrogen-bond acceptors (Lipinski definition) is 4. The van der Waals surface area contributed by atoms with Crippen molar-refractivity contribution in [1.29, 1.82) is 0 Å². The van der Waals surface area contributed by atoms with E-state index in [1.165, 1.54) is 10.8 Å². The van der Waals surface area contributed by atoms with Gasteiger partial charge in [0, 0.05) is 11.6 Å². The maximum absolute atomic E-state index is 12.6. The second kappa shape index (κ2) is 6.78. The molecule has 2 aromatic carbocycles. The Kier molecular flexibility index (Phi) is 4.54. The highest BCUT2D eigenvalue weighted by Gasteiger charge is 2.18. The fraction of sp³-hybridized carbons (Fsp3) is 0.158. The summed E-state index contributed by atoms with van der Waals surface area (Å²) in [5.74, 6) is 5.17. The summed E-state index contributed by atoms with van der Waals surface area (Å²) < 4.78 is 7.08. The van der Waals surface area contributed by atoms with Crippen LogP contribution in [0.5, 0.6) is 5.75 Å². The van der Waals surface area contributed by atoms with Crippen molar-refractivity contribution >= 4 is 22.7 Å². The van der Waals surface area contributed by atoms with E-state index in [1.54, 1.807) is 24.3 Å². The van der Waals surface area contributed by atoms with Crippen molar-refractivity contribution in [3.63, 3.8) is 0 Å². The van der Waals surface area contributed by atoms with Gasteiger partial charge >= 0.3 is 0 Å². The van der Waals surface area contributed by atoms with Crippen LogP contribution in [-0.4, -0.2) is 23.0 Å². The quantitative estimate of drug-likeness (QED) is 0.435. The van der Waals surface area contributed by atoms with Crippen LogP contribution in [0.15, 0.2) is 48.7 Å². The molecule has 0 bridgehead atoms. The molecule has 0 atom stereocenters. The largest absolute Gasteiger partial charge is 0.483 e. The van der Waals surface area contributed by atoms with Crippen LogP contribution in [0.1, 0.15) is 26.3 Å². The minimum Gasteiger partial charge on any atom is -0.483 e. The number of nitrogens with one attached hydrogen (secondary N) is 1. The number of benzene rings is 2. The van der Waals surface area contributed by atoms with E-state index in [0.29, 0.717) is 22.2 Å². The van der Waals surface area contributed by atoms with Crippen LogP contribution in [-0.2, 0) is 0 Å². The smallest absolute Gasteiger partial charge is 0.269 e. The Balaban J connectivity index is 1.88. The SMILES string of the molecule is Cc1ccc(OCC(=O)n2cc(C(=O)NN)c3ccccc32)c(C)c1. The molecular formula is C19H19N3O3. The van der Waals surface area contributed by atoms with Gasteiger partial charge in [-0.25, -0.2) is 5.84 Å². The summed E-state index contributed by atoms with van der Waals surface area (Å²) in [4.78, 5) is 24.5. The summed E-state index contributed by atoms with van der Waals surface area (Å²) in [6.45, 7) is 3.80. The molecule has 1 amide bonds. The minimum atomic E-state index is -0.446. The number of carbonyl (C=O) groups is 2. The molecule has 0 aliphatic rings. The Morgan fingerprint density at radius 1 is 1.16 bits per heavy atom. The zero-order chi connectivity index (χ0) is 18.0. The Hall–Kier alpha value is -3.12.